The zero-order valence-corrected chi connectivity index (χ0v) is 8.08. The van der Waals surface area contributed by atoms with Crippen LogP contribution in [0.4, 0.5) is 0 Å². The Morgan fingerprint density at radius 2 is 1.67 bits per heavy atom. The highest BCUT2D eigenvalue weighted by Gasteiger charge is 2.30. The van der Waals surface area contributed by atoms with Crippen LogP contribution in [0.15, 0.2) is 6.07 Å². The molecule has 0 aliphatic carbocycles. The number of carbonyl (C=O) groups is 1. The number of benzene rings is 1. The van der Waals surface area contributed by atoms with Crippen LogP contribution in [0.25, 0.3) is 0 Å². The van der Waals surface area contributed by atoms with Gasteiger partial charge in [-0.3, -0.25) is 0 Å². The molecule has 3 rings (SSSR count). The second-order valence-electron chi connectivity index (χ2n) is 3.73. The number of hydrogen-bond acceptors (Lipinski definition) is 3. The fourth-order valence-corrected chi connectivity index (χ4v) is 2.19. The normalized spacial score (nSPS) is 16.5. The molecule has 1 aromatic carbocycles. The third kappa shape index (κ3) is 1.11. The molecule has 4 nitrogen and oxygen atoms in total. The van der Waals surface area contributed by atoms with Gasteiger partial charge in [-0.2, -0.15) is 0 Å². The Balaban J connectivity index is 2.29. The molecule has 2 aliphatic heterocycles. The van der Waals surface area contributed by atoms with Crippen LogP contribution >= 0.6 is 0 Å². The first kappa shape index (κ1) is 8.59. The smallest absolute Gasteiger partial charge is 0.343 e. The lowest BCUT2D eigenvalue weighted by Crippen LogP contribution is -2.03. The van der Waals surface area contributed by atoms with Gasteiger partial charge in [0.1, 0.15) is 17.1 Å². The van der Waals surface area contributed by atoms with Crippen molar-refractivity contribution in [1.29, 1.82) is 0 Å². The molecule has 78 valence electrons. The summed E-state index contributed by atoms with van der Waals surface area (Å²) in [7, 11) is 0. The Morgan fingerprint density at radius 3 is 2.13 bits per heavy atom. The van der Waals surface area contributed by atoms with Gasteiger partial charge in [-0.1, -0.05) is 0 Å². The van der Waals surface area contributed by atoms with Crippen LogP contribution < -0.4 is 9.47 Å². The van der Waals surface area contributed by atoms with Crippen LogP contribution in [-0.4, -0.2) is 24.3 Å². The van der Waals surface area contributed by atoms with E-state index in [4.69, 9.17) is 14.6 Å². The number of carboxylic acid groups (broad SMARTS) is 1. The summed E-state index contributed by atoms with van der Waals surface area (Å²) < 4.78 is 10.7. The lowest BCUT2D eigenvalue weighted by molar-refractivity contribution is 0.0689. The molecule has 2 aliphatic rings. The summed E-state index contributed by atoms with van der Waals surface area (Å²) in [6.07, 6.45) is 1.59. The highest BCUT2D eigenvalue weighted by atomic mass is 16.5. The molecule has 0 amide bonds. The first-order chi connectivity index (χ1) is 7.27. The van der Waals surface area contributed by atoms with Gasteiger partial charge in [0.25, 0.3) is 0 Å². The van der Waals surface area contributed by atoms with Crippen LogP contribution in [0.3, 0.4) is 0 Å². The highest BCUT2D eigenvalue weighted by molar-refractivity contribution is 5.95. The number of carboxylic acids is 1. The maximum absolute atomic E-state index is 11.2. The number of fused-ring (bicyclic) bond motifs is 2. The second kappa shape index (κ2) is 2.89. The lowest BCUT2D eigenvalue weighted by Gasteiger charge is -2.09. The highest BCUT2D eigenvalue weighted by Crippen LogP contribution is 2.41. The van der Waals surface area contributed by atoms with Gasteiger partial charge < -0.3 is 14.6 Å². The van der Waals surface area contributed by atoms with Gasteiger partial charge in [0.15, 0.2) is 0 Å². The third-order valence-corrected chi connectivity index (χ3v) is 2.84. The van der Waals surface area contributed by atoms with Crippen molar-refractivity contribution in [2.45, 2.75) is 12.8 Å². The Hall–Kier alpha value is -1.71. The van der Waals surface area contributed by atoms with Gasteiger partial charge in [0, 0.05) is 12.8 Å². The van der Waals surface area contributed by atoms with Gasteiger partial charge in [0.05, 0.1) is 13.2 Å². The predicted molar refractivity (Wildman–Crippen MR) is 51.8 cm³/mol. The molecule has 0 aromatic heterocycles. The summed E-state index contributed by atoms with van der Waals surface area (Å²) in [5.41, 5.74) is 2.20. The number of ether oxygens (including phenoxy) is 2. The topological polar surface area (TPSA) is 55.8 Å². The van der Waals surface area contributed by atoms with Crippen LogP contribution in [0, 0.1) is 0 Å². The first-order valence-corrected chi connectivity index (χ1v) is 4.95. The average Bonchev–Trinajstić information content (AvgIpc) is 2.79. The zero-order valence-electron chi connectivity index (χ0n) is 8.08. The van der Waals surface area contributed by atoms with E-state index in [9.17, 15) is 4.79 Å². The third-order valence-electron chi connectivity index (χ3n) is 2.84. The fourth-order valence-electron chi connectivity index (χ4n) is 2.19. The van der Waals surface area contributed by atoms with Crippen molar-refractivity contribution in [2.75, 3.05) is 13.2 Å². The van der Waals surface area contributed by atoms with E-state index in [0.29, 0.717) is 24.7 Å². The van der Waals surface area contributed by atoms with E-state index in [1.807, 2.05) is 6.07 Å². The molecular formula is C11H10O4. The second-order valence-corrected chi connectivity index (χ2v) is 3.73. The summed E-state index contributed by atoms with van der Waals surface area (Å²) in [4.78, 5) is 11.2. The molecule has 1 N–H and O–H groups in total. The summed E-state index contributed by atoms with van der Waals surface area (Å²) in [6, 6.07) is 2.01. The van der Waals surface area contributed by atoms with E-state index in [2.05, 4.69) is 0 Å². The minimum absolute atomic E-state index is 0.206. The van der Waals surface area contributed by atoms with Crippen molar-refractivity contribution >= 4 is 5.97 Å². The largest absolute Gasteiger partial charge is 0.492 e. The molecule has 15 heavy (non-hydrogen) atoms. The number of hydrogen-bond donors (Lipinski definition) is 1. The monoisotopic (exact) mass is 206 g/mol. The van der Waals surface area contributed by atoms with E-state index in [0.717, 1.165) is 24.0 Å². The van der Waals surface area contributed by atoms with E-state index in [1.54, 1.807) is 0 Å². The van der Waals surface area contributed by atoms with E-state index >= 15 is 0 Å². The van der Waals surface area contributed by atoms with Gasteiger partial charge >= 0.3 is 5.97 Å². The fraction of sp³-hybridized carbons (Fsp3) is 0.364. The van der Waals surface area contributed by atoms with Crippen molar-refractivity contribution in [3.05, 3.63) is 22.8 Å². The van der Waals surface area contributed by atoms with Crippen LogP contribution in [0.1, 0.15) is 21.5 Å². The van der Waals surface area contributed by atoms with E-state index in [1.165, 1.54) is 0 Å². The summed E-state index contributed by atoms with van der Waals surface area (Å²) in [5, 5.41) is 9.15. The summed E-state index contributed by atoms with van der Waals surface area (Å²) >= 11 is 0. The minimum atomic E-state index is -0.966. The molecule has 0 atom stereocenters. The lowest BCUT2D eigenvalue weighted by atomic mass is 10.0. The maximum atomic E-state index is 11.2. The standard InChI is InChI=1S/C11H10O4/c12-11(13)8-9-6(1-3-14-9)5-7-2-4-15-10(7)8/h5H,1-4H2,(H,12,13). The molecule has 0 fully saturated rings. The molecule has 0 bridgehead atoms. The molecule has 1 aromatic rings. The van der Waals surface area contributed by atoms with Crippen molar-refractivity contribution in [1.82, 2.24) is 0 Å². The van der Waals surface area contributed by atoms with Crippen LogP contribution in [0.2, 0.25) is 0 Å². The van der Waals surface area contributed by atoms with E-state index < -0.39 is 5.97 Å². The van der Waals surface area contributed by atoms with Crippen molar-refractivity contribution in [3.8, 4) is 11.5 Å². The SMILES string of the molecule is O=C(O)c1c2c(cc3c1OCC3)CCO2. The molecule has 0 saturated heterocycles. The quantitative estimate of drug-likeness (QED) is 0.751. The van der Waals surface area contributed by atoms with Crippen molar-refractivity contribution in [2.24, 2.45) is 0 Å². The number of rotatable bonds is 1. The Morgan fingerprint density at radius 1 is 1.13 bits per heavy atom. The predicted octanol–water partition coefficient (Wildman–Crippen LogP) is 1.25. The maximum Gasteiger partial charge on any atom is 0.343 e. The van der Waals surface area contributed by atoms with E-state index in [-0.39, 0.29) is 5.56 Å². The first-order valence-electron chi connectivity index (χ1n) is 4.95. The van der Waals surface area contributed by atoms with Crippen LogP contribution in [0.5, 0.6) is 11.5 Å². The molecule has 4 heteroatoms. The molecule has 0 saturated carbocycles. The molecule has 0 radical (unpaired) electrons. The number of aromatic carboxylic acids is 1. The van der Waals surface area contributed by atoms with Gasteiger partial charge in [-0.25, -0.2) is 4.79 Å². The Kier molecular flexibility index (Phi) is 1.65. The van der Waals surface area contributed by atoms with Gasteiger partial charge in [-0.15, -0.1) is 0 Å². The average molecular weight is 206 g/mol. The van der Waals surface area contributed by atoms with Crippen molar-refractivity contribution < 1.29 is 19.4 Å². The molecule has 0 spiro atoms. The zero-order chi connectivity index (χ0) is 10.4. The summed E-state index contributed by atoms with van der Waals surface area (Å²) in [6.45, 7) is 1.14. The Bertz CT molecular complexity index is 418. The minimum Gasteiger partial charge on any atom is -0.492 e. The van der Waals surface area contributed by atoms with Crippen LogP contribution in [-0.2, 0) is 12.8 Å². The molecule has 0 unspecified atom stereocenters. The van der Waals surface area contributed by atoms with Gasteiger partial charge in [-0.05, 0) is 17.2 Å². The molecular weight excluding hydrogens is 196 g/mol. The Labute approximate surface area is 86.4 Å². The van der Waals surface area contributed by atoms with Gasteiger partial charge in [0.2, 0.25) is 0 Å². The molecule has 2 heterocycles. The van der Waals surface area contributed by atoms with Crippen molar-refractivity contribution in [3.63, 3.8) is 0 Å². The summed E-state index contributed by atoms with van der Waals surface area (Å²) in [5.74, 6) is 0.0400.